The summed E-state index contributed by atoms with van der Waals surface area (Å²) in [4.78, 5) is 4.31. The molecule has 30 heavy (non-hydrogen) atoms. The van der Waals surface area contributed by atoms with Crippen molar-refractivity contribution in [2.75, 3.05) is 13.3 Å². The van der Waals surface area contributed by atoms with E-state index in [1.165, 1.54) is 0 Å². The minimum atomic E-state index is -2.18. The van der Waals surface area contributed by atoms with Crippen LogP contribution in [0.25, 0.3) is 10.9 Å². The molecule has 4 unspecified atom stereocenters. The van der Waals surface area contributed by atoms with Gasteiger partial charge < -0.3 is 9.84 Å². The number of aliphatic hydroxyl groups excluding tert-OH is 1. The van der Waals surface area contributed by atoms with Crippen LogP contribution in [-0.4, -0.2) is 41.8 Å². The highest BCUT2D eigenvalue weighted by atomic mass is 19.2. The summed E-state index contributed by atoms with van der Waals surface area (Å²) in [5.41, 5.74) is 0.759. The van der Waals surface area contributed by atoms with E-state index in [4.69, 9.17) is 4.74 Å². The summed E-state index contributed by atoms with van der Waals surface area (Å²) >= 11 is 0. The van der Waals surface area contributed by atoms with Crippen molar-refractivity contribution >= 4 is 10.9 Å². The number of pyridine rings is 1. The van der Waals surface area contributed by atoms with E-state index in [0.29, 0.717) is 35.4 Å². The Labute approximate surface area is 173 Å². The Bertz CT molecular complexity index is 1040. The van der Waals surface area contributed by atoms with E-state index < -0.39 is 30.5 Å². The predicted octanol–water partition coefficient (Wildman–Crippen LogP) is 4.68. The summed E-state index contributed by atoms with van der Waals surface area (Å²) in [6, 6.07) is 14.3. The molecule has 0 spiro atoms. The number of fused-ring (bicyclic) bond motifs is 2. The third kappa shape index (κ3) is 3.43. The van der Waals surface area contributed by atoms with Crippen LogP contribution >= 0.6 is 0 Å². The van der Waals surface area contributed by atoms with Crippen LogP contribution in [0.2, 0.25) is 0 Å². The Kier molecular flexibility index (Phi) is 5.69. The van der Waals surface area contributed by atoms with E-state index in [-0.39, 0.29) is 6.42 Å². The molecule has 4 rings (SSSR count). The summed E-state index contributed by atoms with van der Waals surface area (Å²) in [5, 5.41) is 11.1. The maximum atomic E-state index is 15.8. The first-order chi connectivity index (χ1) is 14.5. The lowest BCUT2D eigenvalue weighted by Gasteiger charge is -2.38. The molecule has 1 aliphatic heterocycles. The first-order valence-electron chi connectivity index (χ1n) is 10.1. The van der Waals surface area contributed by atoms with Crippen LogP contribution in [0.5, 0.6) is 5.75 Å². The molecule has 158 valence electrons. The average molecular weight is 415 g/mol. The second-order valence-electron chi connectivity index (χ2n) is 7.92. The lowest BCUT2D eigenvalue weighted by atomic mass is 9.69. The molecule has 0 bridgehead atoms. The molecule has 3 aromatic rings. The summed E-state index contributed by atoms with van der Waals surface area (Å²) in [7, 11) is 0. The van der Waals surface area contributed by atoms with Gasteiger partial charge >= 0.3 is 0 Å². The number of alkyl halides is 3. The van der Waals surface area contributed by atoms with Crippen LogP contribution in [0, 0.1) is 0 Å². The van der Waals surface area contributed by atoms with Crippen molar-refractivity contribution in [1.29, 1.82) is 0 Å². The third-order valence-corrected chi connectivity index (χ3v) is 6.03. The van der Waals surface area contributed by atoms with Gasteiger partial charge in [0.05, 0.1) is 17.5 Å². The molecular weight excluding hydrogens is 391 g/mol. The molecule has 0 amide bonds. The number of hydrogen-bond acceptors (Lipinski definition) is 3. The quantitative estimate of drug-likeness (QED) is 0.610. The van der Waals surface area contributed by atoms with Gasteiger partial charge in [0.1, 0.15) is 30.9 Å². The molecule has 4 atom stereocenters. The van der Waals surface area contributed by atoms with Gasteiger partial charge in [0, 0.05) is 23.6 Å². The molecule has 3 nitrogen and oxygen atoms in total. The Hall–Kier alpha value is -2.60. The van der Waals surface area contributed by atoms with Crippen LogP contribution in [0.1, 0.15) is 23.6 Å². The standard InChI is InChI=1S/C24H24F3NO2/c1-15(26)21(29)23(27)24(14-25,19-7-4-5-16-10-12-30-22(16)19)13-17-9-11-28-20-8-3-2-6-18(17)20/h2-9,11,15,21,23,29H,10,12-14H2,1H3. The normalized spacial score (nSPS) is 18.3. The van der Waals surface area contributed by atoms with Gasteiger partial charge in [-0.3, -0.25) is 4.98 Å². The van der Waals surface area contributed by atoms with E-state index in [9.17, 15) is 13.9 Å². The zero-order chi connectivity index (χ0) is 21.3. The number of aliphatic hydroxyl groups is 1. The van der Waals surface area contributed by atoms with Crippen molar-refractivity contribution in [3.05, 3.63) is 71.4 Å². The fourth-order valence-electron chi connectivity index (χ4n) is 4.35. The molecule has 0 aliphatic carbocycles. The topological polar surface area (TPSA) is 42.4 Å². The molecular formula is C24H24F3NO2. The minimum absolute atomic E-state index is 0.0721. The summed E-state index contributed by atoms with van der Waals surface area (Å²) in [6.07, 6.45) is -3.83. The molecule has 1 aliphatic rings. The third-order valence-electron chi connectivity index (χ3n) is 6.03. The van der Waals surface area contributed by atoms with Gasteiger partial charge in [-0.2, -0.15) is 0 Å². The Morgan fingerprint density at radius 1 is 1.13 bits per heavy atom. The van der Waals surface area contributed by atoms with Crippen LogP contribution in [0.3, 0.4) is 0 Å². The molecule has 0 saturated heterocycles. The molecule has 2 heterocycles. The number of para-hydroxylation sites is 2. The first kappa shape index (κ1) is 20.7. The van der Waals surface area contributed by atoms with Crippen molar-refractivity contribution in [3.8, 4) is 5.75 Å². The minimum Gasteiger partial charge on any atom is -0.493 e. The molecule has 0 fully saturated rings. The maximum Gasteiger partial charge on any atom is 0.141 e. The van der Waals surface area contributed by atoms with E-state index in [1.54, 1.807) is 24.4 Å². The SMILES string of the molecule is CC(F)C(O)C(F)C(CF)(Cc1ccnc2ccccc12)c1cccc2c1OCC2. The molecule has 6 heteroatoms. The van der Waals surface area contributed by atoms with Crippen LogP contribution in [0.15, 0.2) is 54.7 Å². The number of aromatic nitrogens is 1. The highest BCUT2D eigenvalue weighted by Crippen LogP contribution is 2.45. The van der Waals surface area contributed by atoms with E-state index >= 15 is 4.39 Å². The van der Waals surface area contributed by atoms with Crippen LogP contribution in [-0.2, 0) is 18.3 Å². The molecule has 1 aromatic heterocycles. The van der Waals surface area contributed by atoms with Gasteiger partial charge in [-0.15, -0.1) is 0 Å². The molecule has 2 aromatic carbocycles. The van der Waals surface area contributed by atoms with Crippen molar-refractivity contribution in [3.63, 3.8) is 0 Å². The lowest BCUT2D eigenvalue weighted by molar-refractivity contribution is -0.0257. The zero-order valence-corrected chi connectivity index (χ0v) is 16.7. The van der Waals surface area contributed by atoms with Crippen LogP contribution in [0.4, 0.5) is 13.2 Å². The Morgan fingerprint density at radius 2 is 1.93 bits per heavy atom. The molecule has 0 radical (unpaired) electrons. The maximum absolute atomic E-state index is 15.8. The van der Waals surface area contributed by atoms with Gasteiger partial charge in [-0.05, 0) is 36.6 Å². The first-order valence-corrected chi connectivity index (χ1v) is 10.1. The smallest absolute Gasteiger partial charge is 0.141 e. The fourth-order valence-corrected chi connectivity index (χ4v) is 4.35. The highest BCUT2D eigenvalue weighted by Gasteiger charge is 2.49. The van der Waals surface area contributed by atoms with Gasteiger partial charge in [-0.1, -0.05) is 36.4 Å². The van der Waals surface area contributed by atoms with Gasteiger partial charge in [0.2, 0.25) is 0 Å². The van der Waals surface area contributed by atoms with Crippen molar-refractivity contribution < 1.29 is 23.0 Å². The van der Waals surface area contributed by atoms with Crippen molar-refractivity contribution in [1.82, 2.24) is 4.98 Å². The summed E-state index contributed by atoms with van der Waals surface area (Å²) < 4.78 is 50.4. The molecule has 0 saturated carbocycles. The van der Waals surface area contributed by atoms with Crippen molar-refractivity contribution in [2.45, 2.75) is 43.6 Å². The van der Waals surface area contributed by atoms with Crippen LogP contribution < -0.4 is 4.74 Å². The van der Waals surface area contributed by atoms with Crippen molar-refractivity contribution in [2.24, 2.45) is 0 Å². The second kappa shape index (κ2) is 8.26. The lowest BCUT2D eigenvalue weighted by Crippen LogP contribution is -2.50. The average Bonchev–Trinajstić information content (AvgIpc) is 3.25. The monoisotopic (exact) mass is 415 g/mol. The number of halogens is 3. The number of ether oxygens (including phenoxy) is 1. The second-order valence-corrected chi connectivity index (χ2v) is 7.92. The van der Waals surface area contributed by atoms with E-state index in [1.807, 2.05) is 30.3 Å². The largest absolute Gasteiger partial charge is 0.493 e. The van der Waals surface area contributed by atoms with Gasteiger partial charge in [0.15, 0.2) is 0 Å². The summed E-state index contributed by atoms with van der Waals surface area (Å²) in [6.45, 7) is 0.383. The Morgan fingerprint density at radius 3 is 2.70 bits per heavy atom. The summed E-state index contributed by atoms with van der Waals surface area (Å²) in [5.74, 6) is 0.440. The highest BCUT2D eigenvalue weighted by molar-refractivity contribution is 5.82. The number of benzene rings is 2. The fraction of sp³-hybridized carbons (Fsp3) is 0.375. The van der Waals surface area contributed by atoms with E-state index in [0.717, 1.165) is 17.9 Å². The predicted molar refractivity (Wildman–Crippen MR) is 110 cm³/mol. The molecule has 1 N–H and O–H groups in total. The van der Waals surface area contributed by atoms with Gasteiger partial charge in [-0.25, -0.2) is 13.2 Å². The number of hydrogen-bond donors (Lipinski definition) is 1. The van der Waals surface area contributed by atoms with E-state index in [2.05, 4.69) is 4.98 Å². The number of rotatable bonds is 7. The number of nitrogens with zero attached hydrogens (tertiary/aromatic N) is 1. The zero-order valence-electron chi connectivity index (χ0n) is 16.7. The Balaban J connectivity index is 1.90. The van der Waals surface area contributed by atoms with Gasteiger partial charge in [0.25, 0.3) is 0 Å².